The van der Waals surface area contributed by atoms with E-state index in [1.807, 2.05) is 36.4 Å². The lowest BCUT2D eigenvalue weighted by molar-refractivity contribution is -0.119. The molecule has 2 N–H and O–H groups in total. The van der Waals surface area contributed by atoms with E-state index in [0.29, 0.717) is 5.69 Å². The summed E-state index contributed by atoms with van der Waals surface area (Å²) in [6.45, 7) is -0.968. The van der Waals surface area contributed by atoms with Gasteiger partial charge in [-0.2, -0.15) is 0 Å². The fourth-order valence-corrected chi connectivity index (χ4v) is 3.38. The standard InChI is InChI=1S/C27H21FN2O5/c28-21-12-4-5-13-23(21)30-25(31)16-34-24-15-6-3-11-20(24)27(33)35-17-26(32)29-22-14-7-9-18-8-1-2-10-19(18)22/h1-15H,16-17H2,(H,29,32)(H,30,31). The van der Waals surface area contributed by atoms with E-state index in [1.165, 1.54) is 30.3 Å². The quantitative estimate of drug-likeness (QED) is 0.360. The van der Waals surface area contributed by atoms with Crippen LogP contribution in [0.15, 0.2) is 91.0 Å². The topological polar surface area (TPSA) is 93.7 Å². The molecule has 0 aliphatic carbocycles. The highest BCUT2D eigenvalue weighted by Crippen LogP contribution is 2.23. The number of hydrogen-bond acceptors (Lipinski definition) is 5. The fourth-order valence-electron chi connectivity index (χ4n) is 3.38. The molecule has 0 saturated heterocycles. The minimum atomic E-state index is -0.789. The molecule has 0 radical (unpaired) electrons. The van der Waals surface area contributed by atoms with Gasteiger partial charge in [-0.3, -0.25) is 9.59 Å². The number of para-hydroxylation sites is 2. The Morgan fingerprint density at radius 3 is 2.17 bits per heavy atom. The lowest BCUT2D eigenvalue weighted by Crippen LogP contribution is -2.23. The number of fused-ring (bicyclic) bond motifs is 1. The van der Waals surface area contributed by atoms with E-state index in [0.717, 1.165) is 10.8 Å². The number of rotatable bonds is 8. The Bertz CT molecular complexity index is 1380. The molecule has 0 saturated carbocycles. The molecule has 0 spiro atoms. The number of benzene rings is 4. The first kappa shape index (κ1) is 23.4. The lowest BCUT2D eigenvalue weighted by Gasteiger charge is -2.12. The molecular weight excluding hydrogens is 451 g/mol. The molecule has 0 aliphatic heterocycles. The zero-order valence-corrected chi connectivity index (χ0v) is 18.5. The number of esters is 1. The minimum absolute atomic E-state index is 0.0194. The van der Waals surface area contributed by atoms with Crippen LogP contribution in [0, 0.1) is 5.82 Å². The van der Waals surface area contributed by atoms with Crippen molar-refractivity contribution in [2.24, 2.45) is 0 Å². The molecule has 0 fully saturated rings. The van der Waals surface area contributed by atoms with Crippen LogP contribution in [0.25, 0.3) is 10.8 Å². The number of anilines is 2. The Morgan fingerprint density at radius 2 is 1.31 bits per heavy atom. The van der Waals surface area contributed by atoms with Crippen LogP contribution in [0.2, 0.25) is 0 Å². The number of hydrogen-bond donors (Lipinski definition) is 2. The summed E-state index contributed by atoms with van der Waals surface area (Å²) < 4.78 is 24.3. The monoisotopic (exact) mass is 472 g/mol. The number of carbonyl (C=O) groups is 3. The molecule has 0 heterocycles. The van der Waals surface area contributed by atoms with E-state index >= 15 is 0 Å². The maximum atomic E-state index is 13.7. The van der Waals surface area contributed by atoms with E-state index in [9.17, 15) is 18.8 Å². The van der Waals surface area contributed by atoms with Crippen LogP contribution < -0.4 is 15.4 Å². The average Bonchev–Trinajstić information content (AvgIpc) is 2.88. The third kappa shape index (κ3) is 6.00. The molecule has 0 atom stereocenters. The van der Waals surface area contributed by atoms with Gasteiger partial charge in [0.1, 0.15) is 17.1 Å². The van der Waals surface area contributed by atoms with Gasteiger partial charge < -0.3 is 20.1 Å². The first-order valence-electron chi connectivity index (χ1n) is 10.7. The SMILES string of the molecule is O=C(COc1ccccc1C(=O)OCC(=O)Nc1cccc2ccccc12)Nc1ccccc1F. The van der Waals surface area contributed by atoms with Crippen LogP contribution in [0.5, 0.6) is 5.75 Å². The van der Waals surface area contributed by atoms with Gasteiger partial charge in [-0.15, -0.1) is 0 Å². The maximum absolute atomic E-state index is 13.7. The molecule has 176 valence electrons. The summed E-state index contributed by atoms with van der Waals surface area (Å²) in [6.07, 6.45) is 0. The van der Waals surface area contributed by atoms with Gasteiger partial charge in [0, 0.05) is 11.1 Å². The van der Waals surface area contributed by atoms with Crippen LogP contribution in [0.4, 0.5) is 15.8 Å². The summed E-state index contributed by atoms with van der Waals surface area (Å²) in [4.78, 5) is 37.1. The van der Waals surface area contributed by atoms with Crippen molar-refractivity contribution in [2.75, 3.05) is 23.8 Å². The van der Waals surface area contributed by atoms with Crippen LogP contribution in [0.1, 0.15) is 10.4 Å². The van der Waals surface area contributed by atoms with Gasteiger partial charge in [0.05, 0.1) is 5.69 Å². The largest absolute Gasteiger partial charge is 0.483 e. The van der Waals surface area contributed by atoms with Crippen LogP contribution in [0.3, 0.4) is 0 Å². The molecule has 0 aromatic heterocycles. The van der Waals surface area contributed by atoms with Crippen molar-refractivity contribution in [3.8, 4) is 5.75 Å². The second-order valence-electron chi connectivity index (χ2n) is 7.46. The third-order valence-electron chi connectivity index (χ3n) is 5.01. The van der Waals surface area contributed by atoms with Gasteiger partial charge >= 0.3 is 5.97 Å². The van der Waals surface area contributed by atoms with E-state index in [1.54, 1.807) is 24.3 Å². The molecule has 4 aromatic carbocycles. The summed E-state index contributed by atoms with van der Waals surface area (Å²) in [6, 6.07) is 25.0. The molecule has 0 bridgehead atoms. The number of nitrogens with one attached hydrogen (secondary N) is 2. The highest BCUT2D eigenvalue weighted by atomic mass is 19.1. The van der Waals surface area contributed by atoms with E-state index in [4.69, 9.17) is 9.47 Å². The third-order valence-corrected chi connectivity index (χ3v) is 5.01. The lowest BCUT2D eigenvalue weighted by atomic mass is 10.1. The first-order valence-corrected chi connectivity index (χ1v) is 10.7. The van der Waals surface area contributed by atoms with Crippen molar-refractivity contribution in [1.82, 2.24) is 0 Å². The van der Waals surface area contributed by atoms with Gasteiger partial charge in [-0.05, 0) is 35.7 Å². The fraction of sp³-hybridized carbons (Fsp3) is 0.0741. The van der Waals surface area contributed by atoms with Gasteiger partial charge in [0.25, 0.3) is 11.8 Å². The normalized spacial score (nSPS) is 10.4. The molecule has 4 rings (SSSR count). The Balaban J connectivity index is 1.34. The number of halogens is 1. The average molecular weight is 472 g/mol. The zero-order chi connectivity index (χ0) is 24.6. The molecule has 4 aromatic rings. The Hall–Kier alpha value is -4.72. The summed E-state index contributed by atoms with van der Waals surface area (Å²) in [5, 5.41) is 6.97. The zero-order valence-electron chi connectivity index (χ0n) is 18.5. The van der Waals surface area contributed by atoms with Crippen LogP contribution >= 0.6 is 0 Å². The summed E-state index contributed by atoms with van der Waals surface area (Å²) in [5.74, 6) is -2.38. The number of ether oxygens (including phenoxy) is 2. The van der Waals surface area contributed by atoms with E-state index in [-0.39, 0.29) is 17.0 Å². The van der Waals surface area contributed by atoms with E-state index in [2.05, 4.69) is 10.6 Å². The highest BCUT2D eigenvalue weighted by Gasteiger charge is 2.17. The second-order valence-corrected chi connectivity index (χ2v) is 7.46. The van der Waals surface area contributed by atoms with Crippen molar-refractivity contribution < 1.29 is 28.2 Å². The summed E-state index contributed by atoms with van der Waals surface area (Å²) in [5.41, 5.74) is 0.670. The van der Waals surface area contributed by atoms with Crippen molar-refractivity contribution in [2.45, 2.75) is 0 Å². The Morgan fingerprint density at radius 1 is 0.686 bits per heavy atom. The first-order chi connectivity index (χ1) is 17.0. The molecule has 8 heteroatoms. The minimum Gasteiger partial charge on any atom is -0.483 e. The van der Waals surface area contributed by atoms with Crippen molar-refractivity contribution in [1.29, 1.82) is 0 Å². The van der Waals surface area contributed by atoms with Crippen LogP contribution in [-0.4, -0.2) is 31.0 Å². The highest BCUT2D eigenvalue weighted by molar-refractivity contribution is 6.03. The van der Waals surface area contributed by atoms with Crippen LogP contribution in [-0.2, 0) is 14.3 Å². The van der Waals surface area contributed by atoms with Gasteiger partial charge in [0.2, 0.25) is 0 Å². The number of amides is 2. The molecule has 0 unspecified atom stereocenters. The predicted octanol–water partition coefficient (Wildman–Crippen LogP) is 4.79. The van der Waals surface area contributed by atoms with E-state index < -0.39 is 36.8 Å². The van der Waals surface area contributed by atoms with Crippen molar-refractivity contribution in [3.05, 3.63) is 102 Å². The summed E-state index contributed by atoms with van der Waals surface area (Å²) >= 11 is 0. The molecule has 0 aliphatic rings. The van der Waals surface area contributed by atoms with Crippen molar-refractivity contribution >= 4 is 39.9 Å². The van der Waals surface area contributed by atoms with Gasteiger partial charge in [-0.25, -0.2) is 9.18 Å². The van der Waals surface area contributed by atoms with Gasteiger partial charge in [-0.1, -0.05) is 60.7 Å². The second kappa shape index (κ2) is 10.9. The molecule has 35 heavy (non-hydrogen) atoms. The van der Waals surface area contributed by atoms with Crippen molar-refractivity contribution in [3.63, 3.8) is 0 Å². The molecule has 7 nitrogen and oxygen atoms in total. The predicted molar refractivity (Wildman–Crippen MR) is 130 cm³/mol. The maximum Gasteiger partial charge on any atom is 0.342 e. The number of carbonyl (C=O) groups excluding carboxylic acids is 3. The Labute approximate surface area is 200 Å². The molecular formula is C27H21FN2O5. The smallest absolute Gasteiger partial charge is 0.342 e. The Kier molecular flexibility index (Phi) is 7.32. The van der Waals surface area contributed by atoms with Gasteiger partial charge in [0.15, 0.2) is 13.2 Å². The molecule has 2 amide bonds. The summed E-state index contributed by atoms with van der Waals surface area (Å²) in [7, 11) is 0.